The highest BCUT2D eigenvalue weighted by atomic mass is 16.5. The van der Waals surface area contributed by atoms with Gasteiger partial charge in [-0.2, -0.15) is 0 Å². The SMILES string of the molecule is Cc1ccc(OCc2ccc(C(=O)N3CCCC(C(=O)NC4CC4)C3)o2)c(C)c1. The highest BCUT2D eigenvalue weighted by Gasteiger charge is 2.32. The number of hydrogen-bond donors (Lipinski definition) is 1. The average molecular weight is 396 g/mol. The second-order valence-corrected chi connectivity index (χ2v) is 8.20. The Morgan fingerprint density at radius 3 is 2.76 bits per heavy atom. The van der Waals surface area contributed by atoms with E-state index in [0.29, 0.717) is 30.7 Å². The number of hydrogen-bond acceptors (Lipinski definition) is 4. The van der Waals surface area contributed by atoms with Crippen molar-refractivity contribution in [2.75, 3.05) is 13.1 Å². The van der Waals surface area contributed by atoms with Crippen molar-refractivity contribution in [1.82, 2.24) is 10.2 Å². The van der Waals surface area contributed by atoms with Gasteiger partial charge in [0.05, 0.1) is 5.92 Å². The number of nitrogens with zero attached hydrogens (tertiary/aromatic N) is 1. The zero-order valence-corrected chi connectivity index (χ0v) is 17.1. The van der Waals surface area contributed by atoms with E-state index in [4.69, 9.17) is 9.15 Å². The minimum Gasteiger partial charge on any atom is -0.485 e. The molecular formula is C23H28N2O4. The molecule has 29 heavy (non-hydrogen) atoms. The molecule has 1 atom stereocenters. The molecule has 6 heteroatoms. The van der Waals surface area contributed by atoms with E-state index in [-0.39, 0.29) is 24.3 Å². The number of benzene rings is 1. The monoisotopic (exact) mass is 396 g/mol. The van der Waals surface area contributed by atoms with Crippen molar-refractivity contribution in [3.05, 3.63) is 53.0 Å². The highest BCUT2D eigenvalue weighted by Crippen LogP contribution is 2.24. The largest absolute Gasteiger partial charge is 0.485 e. The molecule has 2 aliphatic rings. The van der Waals surface area contributed by atoms with Crippen molar-refractivity contribution >= 4 is 11.8 Å². The molecule has 1 saturated carbocycles. The summed E-state index contributed by atoms with van der Waals surface area (Å²) >= 11 is 0. The van der Waals surface area contributed by atoms with Crippen molar-refractivity contribution < 1.29 is 18.7 Å². The van der Waals surface area contributed by atoms with Crippen molar-refractivity contribution in [3.63, 3.8) is 0 Å². The first kappa shape index (κ1) is 19.6. The number of amides is 2. The first-order valence-corrected chi connectivity index (χ1v) is 10.4. The molecule has 0 radical (unpaired) electrons. The fraction of sp³-hybridized carbons (Fsp3) is 0.478. The fourth-order valence-electron chi connectivity index (χ4n) is 3.76. The van der Waals surface area contributed by atoms with Gasteiger partial charge in [-0.3, -0.25) is 9.59 Å². The van der Waals surface area contributed by atoms with Crippen LogP contribution in [0.2, 0.25) is 0 Å². The van der Waals surface area contributed by atoms with E-state index in [2.05, 4.69) is 11.4 Å². The number of nitrogens with one attached hydrogen (secondary N) is 1. The third-order valence-corrected chi connectivity index (χ3v) is 5.58. The number of carbonyl (C=O) groups is 2. The lowest BCUT2D eigenvalue weighted by atomic mass is 9.97. The molecule has 0 bridgehead atoms. The van der Waals surface area contributed by atoms with Gasteiger partial charge >= 0.3 is 0 Å². The van der Waals surface area contributed by atoms with Crippen molar-refractivity contribution in [2.24, 2.45) is 5.92 Å². The van der Waals surface area contributed by atoms with Crippen LogP contribution in [0.4, 0.5) is 0 Å². The van der Waals surface area contributed by atoms with Gasteiger partial charge in [-0.15, -0.1) is 0 Å². The van der Waals surface area contributed by atoms with Gasteiger partial charge in [0.15, 0.2) is 5.76 Å². The van der Waals surface area contributed by atoms with E-state index in [0.717, 1.165) is 37.0 Å². The third kappa shape index (κ3) is 4.81. The number of aryl methyl sites for hydroxylation is 2. The van der Waals surface area contributed by atoms with E-state index >= 15 is 0 Å². The topological polar surface area (TPSA) is 71.8 Å². The number of piperidine rings is 1. The van der Waals surface area contributed by atoms with Crippen LogP contribution in [0.5, 0.6) is 5.75 Å². The third-order valence-electron chi connectivity index (χ3n) is 5.58. The molecule has 2 amide bonds. The molecule has 154 valence electrons. The number of likely N-dealkylation sites (tertiary alicyclic amines) is 1. The summed E-state index contributed by atoms with van der Waals surface area (Å²) in [6, 6.07) is 9.83. The molecule has 2 heterocycles. The zero-order valence-electron chi connectivity index (χ0n) is 17.1. The summed E-state index contributed by atoms with van der Waals surface area (Å²) in [6.07, 6.45) is 3.80. The highest BCUT2D eigenvalue weighted by molar-refractivity contribution is 5.92. The Morgan fingerprint density at radius 2 is 2.00 bits per heavy atom. The van der Waals surface area contributed by atoms with E-state index in [1.807, 2.05) is 26.0 Å². The molecule has 1 saturated heterocycles. The zero-order chi connectivity index (χ0) is 20.4. The Hall–Kier alpha value is -2.76. The second kappa shape index (κ2) is 8.31. The Bertz CT molecular complexity index is 900. The Balaban J connectivity index is 1.34. The van der Waals surface area contributed by atoms with Gasteiger partial charge in [0.25, 0.3) is 5.91 Å². The summed E-state index contributed by atoms with van der Waals surface area (Å²) < 4.78 is 11.6. The molecule has 0 spiro atoms. The number of carbonyl (C=O) groups excluding carboxylic acids is 2. The molecule has 1 aliphatic carbocycles. The van der Waals surface area contributed by atoms with Gasteiger partial charge in [-0.05, 0) is 63.3 Å². The molecule has 4 rings (SSSR count). The van der Waals surface area contributed by atoms with Crippen LogP contribution >= 0.6 is 0 Å². The molecule has 6 nitrogen and oxygen atoms in total. The van der Waals surface area contributed by atoms with Gasteiger partial charge in [-0.25, -0.2) is 0 Å². The van der Waals surface area contributed by atoms with Crippen LogP contribution in [0.25, 0.3) is 0 Å². The van der Waals surface area contributed by atoms with E-state index in [1.165, 1.54) is 5.56 Å². The van der Waals surface area contributed by atoms with Gasteiger partial charge in [0.1, 0.15) is 18.1 Å². The van der Waals surface area contributed by atoms with Crippen molar-refractivity contribution in [2.45, 2.75) is 52.2 Å². The molecule has 1 N–H and O–H groups in total. The molecule has 1 aromatic heterocycles. The Morgan fingerprint density at radius 1 is 1.17 bits per heavy atom. The fourth-order valence-corrected chi connectivity index (χ4v) is 3.76. The van der Waals surface area contributed by atoms with Crippen LogP contribution in [-0.2, 0) is 11.4 Å². The van der Waals surface area contributed by atoms with Crippen molar-refractivity contribution in [3.8, 4) is 5.75 Å². The minimum absolute atomic E-state index is 0.0759. The molecule has 1 aromatic carbocycles. The maximum Gasteiger partial charge on any atom is 0.289 e. The van der Waals surface area contributed by atoms with Crippen LogP contribution in [0, 0.1) is 19.8 Å². The summed E-state index contributed by atoms with van der Waals surface area (Å²) in [5.41, 5.74) is 2.25. The second-order valence-electron chi connectivity index (χ2n) is 8.20. The maximum atomic E-state index is 12.8. The van der Waals surface area contributed by atoms with Gasteiger partial charge < -0.3 is 19.4 Å². The summed E-state index contributed by atoms with van der Waals surface area (Å²) in [4.78, 5) is 26.9. The molecule has 2 fully saturated rings. The van der Waals surface area contributed by atoms with Crippen LogP contribution in [0.1, 0.15) is 53.1 Å². The number of ether oxygens (including phenoxy) is 1. The quantitative estimate of drug-likeness (QED) is 0.810. The first-order chi connectivity index (χ1) is 14.0. The summed E-state index contributed by atoms with van der Waals surface area (Å²) in [5.74, 6) is 1.50. The maximum absolute atomic E-state index is 12.8. The lowest BCUT2D eigenvalue weighted by molar-refractivity contribution is -0.126. The predicted molar refractivity (Wildman–Crippen MR) is 109 cm³/mol. The smallest absolute Gasteiger partial charge is 0.289 e. The predicted octanol–water partition coefficient (Wildman–Crippen LogP) is 3.61. The summed E-state index contributed by atoms with van der Waals surface area (Å²) in [6.45, 7) is 5.42. The number of furan rings is 1. The van der Waals surface area contributed by atoms with Gasteiger partial charge in [-0.1, -0.05) is 17.7 Å². The Labute approximate surface area is 171 Å². The van der Waals surface area contributed by atoms with Gasteiger partial charge in [0.2, 0.25) is 5.91 Å². The number of rotatable bonds is 6. The van der Waals surface area contributed by atoms with Gasteiger partial charge in [0, 0.05) is 19.1 Å². The first-order valence-electron chi connectivity index (χ1n) is 10.4. The summed E-state index contributed by atoms with van der Waals surface area (Å²) in [5, 5.41) is 3.05. The van der Waals surface area contributed by atoms with Crippen LogP contribution in [0.3, 0.4) is 0 Å². The van der Waals surface area contributed by atoms with E-state index in [9.17, 15) is 9.59 Å². The molecule has 2 aromatic rings. The van der Waals surface area contributed by atoms with E-state index in [1.54, 1.807) is 17.0 Å². The summed E-state index contributed by atoms with van der Waals surface area (Å²) in [7, 11) is 0. The Kier molecular flexibility index (Phi) is 5.60. The van der Waals surface area contributed by atoms with Crippen LogP contribution in [-0.4, -0.2) is 35.8 Å². The minimum atomic E-state index is -0.160. The van der Waals surface area contributed by atoms with Crippen LogP contribution in [0.15, 0.2) is 34.7 Å². The molecule has 1 aliphatic heterocycles. The molecular weight excluding hydrogens is 368 g/mol. The van der Waals surface area contributed by atoms with E-state index < -0.39 is 0 Å². The lowest BCUT2D eigenvalue weighted by Gasteiger charge is -2.31. The molecule has 1 unspecified atom stereocenters. The lowest BCUT2D eigenvalue weighted by Crippen LogP contribution is -2.45. The normalized spacial score (nSPS) is 19.1. The standard InChI is InChI=1S/C23H28N2O4/c1-15-5-9-20(16(2)12-15)28-14-19-8-10-21(29-19)23(27)25-11-3-4-17(13-25)22(26)24-18-6-7-18/h5,8-10,12,17-18H,3-4,6-7,11,13-14H2,1-2H3,(H,24,26). The van der Waals surface area contributed by atoms with Crippen LogP contribution < -0.4 is 10.1 Å². The van der Waals surface area contributed by atoms with Crippen molar-refractivity contribution in [1.29, 1.82) is 0 Å². The average Bonchev–Trinajstić information content (AvgIpc) is 3.40.